The van der Waals surface area contributed by atoms with E-state index in [1.807, 2.05) is 57.2 Å². The molecule has 6 heteroatoms. The van der Waals surface area contributed by atoms with Crippen molar-refractivity contribution in [1.29, 1.82) is 0 Å². The Morgan fingerprint density at radius 3 is 2.59 bits per heavy atom. The van der Waals surface area contributed by atoms with Gasteiger partial charge in [-0.05, 0) is 50.6 Å². The summed E-state index contributed by atoms with van der Waals surface area (Å²) in [7, 11) is 0. The first kappa shape index (κ1) is 19.2. The van der Waals surface area contributed by atoms with Crippen LogP contribution in [0.15, 0.2) is 48.1 Å². The maximum Gasteiger partial charge on any atom is 0.209 e. The van der Waals surface area contributed by atoms with Gasteiger partial charge in [-0.15, -0.1) is 0 Å². The van der Waals surface area contributed by atoms with Crippen LogP contribution in [0.4, 0.5) is 0 Å². The van der Waals surface area contributed by atoms with Crippen molar-refractivity contribution in [2.24, 2.45) is 5.16 Å². The van der Waals surface area contributed by atoms with Crippen molar-refractivity contribution in [1.82, 2.24) is 9.97 Å². The summed E-state index contributed by atoms with van der Waals surface area (Å²) in [6.07, 6.45) is 0.618. The van der Waals surface area contributed by atoms with E-state index in [2.05, 4.69) is 21.7 Å². The van der Waals surface area contributed by atoms with E-state index >= 15 is 0 Å². The molecule has 0 unspecified atom stereocenters. The van der Waals surface area contributed by atoms with Gasteiger partial charge in [-0.3, -0.25) is 4.98 Å². The Morgan fingerprint density at radius 2 is 1.85 bits per heavy atom. The maximum atomic E-state index is 5.67. The normalized spacial score (nSPS) is 16.3. The van der Waals surface area contributed by atoms with Crippen LogP contribution in [-0.2, 0) is 20.1 Å². The standard InChI is InChI=1S/C21H25N3O3/c1-15(11-12-27-24-17(3)19-9-5-7-16(2)22-19)18-8-6-10-20(23-18)21(4)25-13-14-26-21/h5-10H,1,11-14H2,2-4H3. The minimum absolute atomic E-state index is 0.415. The molecule has 1 fully saturated rings. The van der Waals surface area contributed by atoms with E-state index in [1.165, 1.54) is 0 Å². The van der Waals surface area contributed by atoms with Crippen molar-refractivity contribution in [3.8, 4) is 0 Å². The molecule has 2 aromatic rings. The van der Waals surface area contributed by atoms with Gasteiger partial charge in [0.05, 0.1) is 30.3 Å². The molecule has 0 aliphatic carbocycles. The summed E-state index contributed by atoms with van der Waals surface area (Å²) in [5.41, 5.74) is 4.93. The first-order chi connectivity index (χ1) is 13.0. The molecule has 0 aromatic carbocycles. The summed E-state index contributed by atoms with van der Waals surface area (Å²) in [4.78, 5) is 14.5. The van der Waals surface area contributed by atoms with E-state index in [1.54, 1.807) is 0 Å². The summed E-state index contributed by atoms with van der Waals surface area (Å²) in [5, 5.41) is 4.15. The quantitative estimate of drug-likeness (QED) is 0.422. The second-order valence-corrected chi connectivity index (χ2v) is 6.58. The van der Waals surface area contributed by atoms with Gasteiger partial charge in [0.2, 0.25) is 5.79 Å². The number of aromatic nitrogens is 2. The Balaban J connectivity index is 1.56. The highest BCUT2D eigenvalue weighted by Crippen LogP contribution is 2.30. The second-order valence-electron chi connectivity index (χ2n) is 6.58. The second kappa shape index (κ2) is 8.41. The predicted octanol–water partition coefficient (Wildman–Crippen LogP) is 3.85. The molecule has 3 rings (SSSR count). The molecule has 0 amide bonds. The van der Waals surface area contributed by atoms with Crippen molar-refractivity contribution in [2.45, 2.75) is 33.0 Å². The number of hydrogen-bond donors (Lipinski definition) is 0. The van der Waals surface area contributed by atoms with Gasteiger partial charge in [-0.25, -0.2) is 4.98 Å². The fourth-order valence-electron chi connectivity index (χ4n) is 2.78. The molecule has 0 atom stereocenters. The number of nitrogens with zero attached hydrogens (tertiary/aromatic N) is 3. The Bertz CT molecular complexity index is 842. The minimum Gasteiger partial charge on any atom is -0.395 e. The fraction of sp³-hybridized carbons (Fsp3) is 0.381. The summed E-state index contributed by atoms with van der Waals surface area (Å²) in [6, 6.07) is 11.6. The van der Waals surface area contributed by atoms with E-state index in [-0.39, 0.29) is 0 Å². The van der Waals surface area contributed by atoms with Gasteiger partial charge in [0, 0.05) is 12.1 Å². The lowest BCUT2D eigenvalue weighted by molar-refractivity contribution is -0.152. The van der Waals surface area contributed by atoms with Crippen LogP contribution in [0.3, 0.4) is 0 Å². The van der Waals surface area contributed by atoms with Crippen molar-refractivity contribution in [3.63, 3.8) is 0 Å². The zero-order valence-corrected chi connectivity index (χ0v) is 16.1. The van der Waals surface area contributed by atoms with Gasteiger partial charge in [0.1, 0.15) is 12.3 Å². The van der Waals surface area contributed by atoms with Crippen LogP contribution in [0.1, 0.15) is 43.0 Å². The first-order valence-corrected chi connectivity index (χ1v) is 9.02. The molecule has 3 heterocycles. The molecule has 0 spiro atoms. The van der Waals surface area contributed by atoms with Gasteiger partial charge < -0.3 is 14.3 Å². The van der Waals surface area contributed by atoms with Crippen LogP contribution < -0.4 is 0 Å². The smallest absolute Gasteiger partial charge is 0.209 e. The monoisotopic (exact) mass is 367 g/mol. The van der Waals surface area contributed by atoms with Crippen molar-refractivity contribution >= 4 is 11.3 Å². The predicted molar refractivity (Wildman–Crippen MR) is 104 cm³/mol. The van der Waals surface area contributed by atoms with Crippen LogP contribution in [0.2, 0.25) is 0 Å². The molecule has 2 aromatic heterocycles. The summed E-state index contributed by atoms with van der Waals surface area (Å²) in [6.45, 7) is 11.4. The highest BCUT2D eigenvalue weighted by molar-refractivity contribution is 5.96. The van der Waals surface area contributed by atoms with Gasteiger partial charge in [0.15, 0.2) is 0 Å². The van der Waals surface area contributed by atoms with Crippen LogP contribution in [0, 0.1) is 6.92 Å². The van der Waals surface area contributed by atoms with E-state index in [4.69, 9.17) is 14.3 Å². The number of pyridine rings is 2. The highest BCUT2D eigenvalue weighted by Gasteiger charge is 2.34. The molecule has 0 radical (unpaired) electrons. The Morgan fingerprint density at radius 1 is 1.15 bits per heavy atom. The SMILES string of the molecule is C=C(CCON=C(C)c1cccc(C)n1)c1cccc(C2(C)OCCO2)n1. The van der Waals surface area contributed by atoms with Gasteiger partial charge >= 0.3 is 0 Å². The van der Waals surface area contributed by atoms with E-state index < -0.39 is 5.79 Å². The third-order valence-corrected chi connectivity index (χ3v) is 4.37. The van der Waals surface area contributed by atoms with Gasteiger partial charge in [-0.2, -0.15) is 0 Å². The molecule has 142 valence electrons. The largest absolute Gasteiger partial charge is 0.395 e. The van der Waals surface area contributed by atoms with Crippen molar-refractivity contribution < 1.29 is 14.3 Å². The lowest BCUT2D eigenvalue weighted by Gasteiger charge is -2.22. The van der Waals surface area contributed by atoms with E-state index in [0.717, 1.165) is 34.1 Å². The average molecular weight is 367 g/mol. The van der Waals surface area contributed by atoms with E-state index in [0.29, 0.717) is 26.2 Å². The number of oxime groups is 1. The lowest BCUT2D eigenvalue weighted by Crippen LogP contribution is -2.24. The molecular weight excluding hydrogens is 342 g/mol. The maximum absolute atomic E-state index is 5.67. The number of rotatable bonds is 7. The fourth-order valence-corrected chi connectivity index (χ4v) is 2.78. The molecule has 0 N–H and O–H groups in total. The number of hydrogen-bond acceptors (Lipinski definition) is 6. The average Bonchev–Trinajstić information content (AvgIpc) is 3.13. The molecule has 0 bridgehead atoms. The molecule has 0 saturated carbocycles. The molecule has 1 aliphatic heterocycles. The topological polar surface area (TPSA) is 65.8 Å². The minimum atomic E-state index is -0.783. The molecule has 1 saturated heterocycles. The summed E-state index contributed by atoms with van der Waals surface area (Å²) >= 11 is 0. The first-order valence-electron chi connectivity index (χ1n) is 9.02. The van der Waals surface area contributed by atoms with Gasteiger partial charge in [0.25, 0.3) is 0 Å². The third kappa shape index (κ3) is 4.78. The summed E-state index contributed by atoms with van der Waals surface area (Å²) in [5.74, 6) is -0.783. The van der Waals surface area contributed by atoms with Crippen LogP contribution in [-0.4, -0.2) is 35.5 Å². The lowest BCUT2D eigenvalue weighted by atomic mass is 10.1. The number of ether oxygens (including phenoxy) is 2. The Kier molecular flexibility index (Phi) is 5.98. The molecule has 1 aliphatic rings. The van der Waals surface area contributed by atoms with Crippen LogP contribution in [0.25, 0.3) is 5.57 Å². The van der Waals surface area contributed by atoms with Crippen LogP contribution >= 0.6 is 0 Å². The number of aryl methyl sites for hydroxylation is 1. The van der Waals surface area contributed by atoms with Crippen molar-refractivity contribution in [3.05, 3.63) is 65.8 Å². The Hall–Kier alpha value is -2.57. The molecule has 27 heavy (non-hydrogen) atoms. The zero-order valence-electron chi connectivity index (χ0n) is 16.1. The van der Waals surface area contributed by atoms with Crippen molar-refractivity contribution in [2.75, 3.05) is 19.8 Å². The van der Waals surface area contributed by atoms with E-state index in [9.17, 15) is 0 Å². The van der Waals surface area contributed by atoms with Gasteiger partial charge in [-0.1, -0.05) is 23.9 Å². The van der Waals surface area contributed by atoms with Crippen LogP contribution in [0.5, 0.6) is 0 Å². The molecule has 6 nitrogen and oxygen atoms in total. The molecular formula is C21H25N3O3. The Labute approximate surface area is 159 Å². The highest BCUT2D eigenvalue weighted by atomic mass is 16.7. The third-order valence-electron chi connectivity index (χ3n) is 4.37. The summed E-state index contributed by atoms with van der Waals surface area (Å²) < 4.78 is 11.3. The zero-order chi connectivity index (χ0) is 19.3.